The van der Waals surface area contributed by atoms with E-state index in [-0.39, 0.29) is 22.5 Å². The summed E-state index contributed by atoms with van der Waals surface area (Å²) in [5.41, 5.74) is 4.47. The van der Waals surface area contributed by atoms with Gasteiger partial charge < -0.3 is 9.80 Å². The summed E-state index contributed by atoms with van der Waals surface area (Å²) in [4.78, 5) is 28.2. The molecule has 2 aromatic carbocycles. The molecule has 0 spiro atoms. The van der Waals surface area contributed by atoms with E-state index in [4.69, 9.17) is 0 Å². The number of benzene rings is 2. The molecule has 1 saturated heterocycles. The van der Waals surface area contributed by atoms with E-state index in [2.05, 4.69) is 77.8 Å². The van der Waals surface area contributed by atoms with Gasteiger partial charge >= 0.3 is 0 Å². The molecular formula is C30H44N2O2. The molecule has 0 bridgehead atoms. The minimum absolute atomic E-state index is 0.134. The number of carbonyl (C=O) groups excluding carboxylic acids is 2. The Kier molecular flexibility index (Phi) is 9.64. The van der Waals surface area contributed by atoms with E-state index in [1.807, 2.05) is 36.1 Å². The van der Waals surface area contributed by atoms with Crippen LogP contribution in [-0.2, 0) is 10.8 Å². The van der Waals surface area contributed by atoms with Gasteiger partial charge in [0.1, 0.15) is 0 Å². The van der Waals surface area contributed by atoms with Crippen molar-refractivity contribution >= 4 is 11.7 Å². The van der Waals surface area contributed by atoms with Crippen molar-refractivity contribution in [2.24, 2.45) is 0 Å². The number of carbonyl (C=O) groups is 2. The average Bonchev–Trinajstić information content (AvgIpc) is 2.79. The Bertz CT molecular complexity index is 924. The predicted molar refractivity (Wildman–Crippen MR) is 143 cm³/mol. The lowest BCUT2D eigenvalue weighted by molar-refractivity contribution is 0.0664. The van der Waals surface area contributed by atoms with E-state index in [1.54, 1.807) is 0 Å². The molecule has 4 nitrogen and oxygen atoms in total. The van der Waals surface area contributed by atoms with Gasteiger partial charge in [-0.15, -0.1) is 0 Å². The molecule has 2 aromatic rings. The SMILES string of the molecule is CCCC(=O)c1ccc(C(C)(C)C)cc1.CN1CCN(C(=O)c2ccc(C(C)(C)C)cc2)CC1. The predicted octanol–water partition coefficient (Wildman–Crippen LogP) is 6.34. The van der Waals surface area contributed by atoms with Crippen LogP contribution in [0.3, 0.4) is 0 Å². The third-order valence-electron chi connectivity index (χ3n) is 6.34. The van der Waals surface area contributed by atoms with Crippen molar-refractivity contribution in [3.63, 3.8) is 0 Å². The van der Waals surface area contributed by atoms with Crippen molar-refractivity contribution in [3.05, 3.63) is 70.8 Å². The molecule has 1 amide bonds. The van der Waals surface area contributed by atoms with Crippen molar-refractivity contribution in [3.8, 4) is 0 Å². The Labute approximate surface area is 207 Å². The Morgan fingerprint density at radius 1 is 0.706 bits per heavy atom. The molecule has 0 atom stereocenters. The van der Waals surface area contributed by atoms with E-state index < -0.39 is 0 Å². The summed E-state index contributed by atoms with van der Waals surface area (Å²) >= 11 is 0. The molecule has 3 rings (SSSR count). The first-order valence-corrected chi connectivity index (χ1v) is 12.5. The molecule has 1 heterocycles. The molecule has 1 aliphatic rings. The molecule has 0 aromatic heterocycles. The zero-order valence-electron chi connectivity index (χ0n) is 22.6. The van der Waals surface area contributed by atoms with Crippen LogP contribution in [0.4, 0.5) is 0 Å². The summed E-state index contributed by atoms with van der Waals surface area (Å²) in [7, 11) is 2.10. The quantitative estimate of drug-likeness (QED) is 0.496. The number of hydrogen-bond donors (Lipinski definition) is 0. The number of rotatable bonds is 4. The third-order valence-corrected chi connectivity index (χ3v) is 6.34. The van der Waals surface area contributed by atoms with Crippen LogP contribution in [0.2, 0.25) is 0 Å². The highest BCUT2D eigenvalue weighted by atomic mass is 16.2. The van der Waals surface area contributed by atoms with Crippen molar-refractivity contribution in [2.45, 2.75) is 72.1 Å². The number of ketones is 1. The topological polar surface area (TPSA) is 40.6 Å². The van der Waals surface area contributed by atoms with E-state index in [1.165, 1.54) is 11.1 Å². The van der Waals surface area contributed by atoms with Crippen LogP contribution in [0, 0.1) is 0 Å². The number of nitrogens with zero attached hydrogens (tertiary/aromatic N) is 2. The second kappa shape index (κ2) is 11.8. The van der Waals surface area contributed by atoms with Gasteiger partial charge in [0.25, 0.3) is 5.91 Å². The zero-order valence-corrected chi connectivity index (χ0v) is 22.6. The van der Waals surface area contributed by atoms with Crippen LogP contribution in [0.5, 0.6) is 0 Å². The fraction of sp³-hybridized carbons (Fsp3) is 0.533. The van der Waals surface area contributed by atoms with Crippen LogP contribution < -0.4 is 0 Å². The monoisotopic (exact) mass is 464 g/mol. The summed E-state index contributed by atoms with van der Waals surface area (Å²) in [6.45, 7) is 18.7. The summed E-state index contributed by atoms with van der Waals surface area (Å²) in [5.74, 6) is 0.409. The Morgan fingerprint density at radius 2 is 1.12 bits per heavy atom. The standard InChI is InChI=1S/C16H24N2O.C14H20O/c1-16(2,3)14-7-5-13(6-8-14)15(19)18-11-9-17(4)10-12-18;1-5-6-13(15)11-7-9-12(10-8-11)14(2,3)4/h5-8H,9-12H2,1-4H3;7-10H,5-6H2,1-4H3. The second-order valence-corrected chi connectivity index (χ2v) is 11.4. The van der Waals surface area contributed by atoms with Crippen molar-refractivity contribution in [2.75, 3.05) is 33.2 Å². The molecule has 1 aliphatic heterocycles. The van der Waals surface area contributed by atoms with Crippen molar-refractivity contribution in [1.29, 1.82) is 0 Å². The maximum atomic E-state index is 12.4. The summed E-state index contributed by atoms with van der Waals surface area (Å²) in [6, 6.07) is 16.1. The molecule has 0 radical (unpaired) electrons. The zero-order chi connectivity index (χ0) is 25.5. The van der Waals surface area contributed by atoms with E-state index in [0.717, 1.165) is 43.7 Å². The van der Waals surface area contributed by atoms with Gasteiger partial charge in [-0.05, 0) is 47.6 Å². The smallest absolute Gasteiger partial charge is 0.253 e. The summed E-state index contributed by atoms with van der Waals surface area (Å²) < 4.78 is 0. The first kappa shape index (κ1) is 27.8. The summed E-state index contributed by atoms with van der Waals surface area (Å²) in [6.07, 6.45) is 1.56. The Balaban J connectivity index is 0.000000248. The van der Waals surface area contributed by atoms with Crippen LogP contribution in [0.25, 0.3) is 0 Å². The largest absolute Gasteiger partial charge is 0.336 e. The Hall–Kier alpha value is -2.46. The highest BCUT2D eigenvalue weighted by Gasteiger charge is 2.21. The van der Waals surface area contributed by atoms with Crippen molar-refractivity contribution in [1.82, 2.24) is 9.80 Å². The number of Topliss-reactive ketones (excluding diaryl/α,β-unsaturated/α-hetero) is 1. The first-order chi connectivity index (χ1) is 15.8. The number of piperazine rings is 1. The van der Waals surface area contributed by atoms with Gasteiger partial charge in [0, 0.05) is 43.7 Å². The van der Waals surface area contributed by atoms with Crippen LogP contribution in [0.1, 0.15) is 93.2 Å². The van der Waals surface area contributed by atoms with Gasteiger partial charge in [0.2, 0.25) is 0 Å². The number of likely N-dealkylation sites (N-methyl/N-ethyl adjacent to an activating group) is 1. The fourth-order valence-electron chi connectivity index (χ4n) is 3.83. The Morgan fingerprint density at radius 3 is 1.50 bits per heavy atom. The lowest BCUT2D eigenvalue weighted by Gasteiger charge is -2.32. The van der Waals surface area contributed by atoms with Crippen molar-refractivity contribution < 1.29 is 9.59 Å². The lowest BCUT2D eigenvalue weighted by Crippen LogP contribution is -2.47. The maximum absolute atomic E-state index is 12.4. The van der Waals surface area contributed by atoms with Gasteiger partial charge in [-0.3, -0.25) is 9.59 Å². The minimum Gasteiger partial charge on any atom is -0.336 e. The molecule has 186 valence electrons. The van der Waals surface area contributed by atoms with Gasteiger partial charge in [0.15, 0.2) is 5.78 Å². The highest BCUT2D eigenvalue weighted by molar-refractivity contribution is 5.96. The van der Waals surface area contributed by atoms with E-state index in [0.29, 0.717) is 6.42 Å². The van der Waals surface area contributed by atoms with Gasteiger partial charge in [-0.2, -0.15) is 0 Å². The van der Waals surface area contributed by atoms with Gasteiger partial charge in [0.05, 0.1) is 0 Å². The molecule has 0 N–H and O–H groups in total. The molecular weight excluding hydrogens is 420 g/mol. The molecule has 4 heteroatoms. The average molecular weight is 465 g/mol. The fourth-order valence-corrected chi connectivity index (χ4v) is 3.83. The van der Waals surface area contributed by atoms with Crippen LogP contribution in [-0.4, -0.2) is 54.7 Å². The lowest BCUT2D eigenvalue weighted by atomic mass is 9.86. The highest BCUT2D eigenvalue weighted by Crippen LogP contribution is 2.23. The molecule has 0 saturated carbocycles. The second-order valence-electron chi connectivity index (χ2n) is 11.4. The van der Waals surface area contributed by atoms with Crippen LogP contribution >= 0.6 is 0 Å². The van der Waals surface area contributed by atoms with E-state index >= 15 is 0 Å². The number of hydrogen-bond acceptors (Lipinski definition) is 3. The van der Waals surface area contributed by atoms with E-state index in [9.17, 15) is 9.59 Å². The molecule has 0 aliphatic carbocycles. The molecule has 0 unspecified atom stereocenters. The number of amides is 1. The van der Waals surface area contributed by atoms with Gasteiger partial charge in [-0.1, -0.05) is 84.9 Å². The van der Waals surface area contributed by atoms with Crippen LogP contribution in [0.15, 0.2) is 48.5 Å². The molecule has 1 fully saturated rings. The maximum Gasteiger partial charge on any atom is 0.253 e. The minimum atomic E-state index is 0.134. The first-order valence-electron chi connectivity index (χ1n) is 12.5. The summed E-state index contributed by atoms with van der Waals surface area (Å²) in [5, 5.41) is 0. The third kappa shape index (κ3) is 8.09. The normalized spacial score (nSPS) is 14.9. The molecule has 34 heavy (non-hydrogen) atoms. The van der Waals surface area contributed by atoms with Gasteiger partial charge in [-0.25, -0.2) is 0 Å².